The highest BCUT2D eigenvalue weighted by atomic mass is 35.5. The smallest absolute Gasteiger partial charge is 0.349 e. The van der Waals surface area contributed by atoms with E-state index >= 15 is 0 Å². The molecule has 8 heteroatoms. The van der Waals surface area contributed by atoms with Crippen molar-refractivity contribution < 1.29 is 23.7 Å². The first kappa shape index (κ1) is 25.0. The van der Waals surface area contributed by atoms with E-state index in [2.05, 4.69) is 6.07 Å². The summed E-state index contributed by atoms with van der Waals surface area (Å²) in [6.07, 6.45) is 0. The fourth-order valence-electron chi connectivity index (χ4n) is 4.12. The van der Waals surface area contributed by atoms with Gasteiger partial charge < -0.3 is 24.7 Å². The third-order valence-electron chi connectivity index (χ3n) is 5.72. The number of benzene rings is 3. The number of hydrogen-bond donors (Lipinski definition) is 1. The summed E-state index contributed by atoms with van der Waals surface area (Å²) in [6, 6.07) is 18.1. The van der Waals surface area contributed by atoms with Crippen LogP contribution in [0, 0.1) is 25.2 Å². The zero-order chi connectivity index (χ0) is 25.8. The standard InChI is InChI=1S/C28H25ClN2O5/c1-4-33-23-8-6-5-7-20(23)26-21-10-9-18(13-24(21)36-28(31)22(26)14-30)35-25(32)15-34-19-11-16(2)27(29)17(3)12-19/h5-13,26H,4,15,31H2,1-3H3. The van der Waals surface area contributed by atoms with Crippen molar-refractivity contribution in [1.82, 2.24) is 0 Å². The molecule has 1 heterocycles. The molecular weight excluding hydrogens is 480 g/mol. The SMILES string of the molecule is CCOc1ccccc1C1C(C#N)=C(N)Oc2cc(OC(=O)COc3cc(C)c(Cl)c(C)c3)ccc21. The van der Waals surface area contributed by atoms with Gasteiger partial charge >= 0.3 is 5.97 Å². The maximum absolute atomic E-state index is 12.4. The third kappa shape index (κ3) is 5.09. The predicted molar refractivity (Wildman–Crippen MR) is 135 cm³/mol. The second-order valence-corrected chi connectivity index (χ2v) is 8.61. The Balaban J connectivity index is 1.56. The summed E-state index contributed by atoms with van der Waals surface area (Å²) in [5.74, 6) is 0.730. The van der Waals surface area contributed by atoms with Gasteiger partial charge in [0.15, 0.2) is 6.61 Å². The summed E-state index contributed by atoms with van der Waals surface area (Å²) in [5.41, 5.74) is 9.59. The van der Waals surface area contributed by atoms with Crippen molar-refractivity contribution in [3.63, 3.8) is 0 Å². The number of nitriles is 1. The summed E-state index contributed by atoms with van der Waals surface area (Å²) in [7, 11) is 0. The molecule has 1 aliphatic heterocycles. The van der Waals surface area contributed by atoms with Gasteiger partial charge in [0.2, 0.25) is 5.88 Å². The molecule has 3 aromatic carbocycles. The van der Waals surface area contributed by atoms with Crippen molar-refractivity contribution in [2.45, 2.75) is 26.7 Å². The second-order valence-electron chi connectivity index (χ2n) is 8.23. The van der Waals surface area contributed by atoms with Crippen LogP contribution < -0.4 is 24.7 Å². The first-order valence-electron chi connectivity index (χ1n) is 11.4. The van der Waals surface area contributed by atoms with E-state index in [-0.39, 0.29) is 23.8 Å². The number of nitrogens with zero attached hydrogens (tertiary/aromatic N) is 1. The molecule has 2 N–H and O–H groups in total. The average molecular weight is 505 g/mol. The van der Waals surface area contributed by atoms with Crippen molar-refractivity contribution >= 4 is 17.6 Å². The number of fused-ring (bicyclic) bond motifs is 1. The van der Waals surface area contributed by atoms with Gasteiger partial charge in [-0.3, -0.25) is 0 Å². The van der Waals surface area contributed by atoms with Crippen molar-refractivity contribution in [3.05, 3.63) is 93.3 Å². The summed E-state index contributed by atoms with van der Waals surface area (Å²) >= 11 is 6.18. The average Bonchev–Trinajstić information content (AvgIpc) is 2.85. The molecule has 0 saturated carbocycles. The molecule has 36 heavy (non-hydrogen) atoms. The minimum Gasteiger partial charge on any atom is -0.494 e. The van der Waals surface area contributed by atoms with Crippen LogP contribution in [0.25, 0.3) is 0 Å². The van der Waals surface area contributed by atoms with Crippen LogP contribution >= 0.6 is 11.6 Å². The van der Waals surface area contributed by atoms with Gasteiger partial charge in [0.1, 0.15) is 34.6 Å². The Labute approximate surface area is 214 Å². The maximum Gasteiger partial charge on any atom is 0.349 e. The largest absolute Gasteiger partial charge is 0.494 e. The Morgan fingerprint density at radius 2 is 1.78 bits per heavy atom. The first-order valence-corrected chi connectivity index (χ1v) is 11.7. The van der Waals surface area contributed by atoms with E-state index in [1.807, 2.05) is 45.0 Å². The number of rotatable bonds is 7. The Kier molecular flexibility index (Phi) is 7.37. The molecule has 3 aromatic rings. The number of ether oxygens (including phenoxy) is 4. The van der Waals surface area contributed by atoms with E-state index in [1.165, 1.54) is 0 Å². The minimum absolute atomic E-state index is 0.0124. The van der Waals surface area contributed by atoms with Gasteiger partial charge in [-0.05, 0) is 56.2 Å². The predicted octanol–water partition coefficient (Wildman–Crippen LogP) is 5.56. The van der Waals surface area contributed by atoms with Gasteiger partial charge in [0, 0.05) is 22.2 Å². The van der Waals surface area contributed by atoms with Gasteiger partial charge in [-0.2, -0.15) is 5.26 Å². The van der Waals surface area contributed by atoms with E-state index in [4.69, 9.17) is 36.3 Å². The molecule has 0 spiro atoms. The summed E-state index contributed by atoms with van der Waals surface area (Å²) in [6.45, 7) is 5.81. The summed E-state index contributed by atoms with van der Waals surface area (Å²) in [5, 5.41) is 10.5. The van der Waals surface area contributed by atoms with Gasteiger partial charge in [-0.1, -0.05) is 35.9 Å². The van der Waals surface area contributed by atoms with Crippen LogP contribution in [0.2, 0.25) is 5.02 Å². The molecular formula is C28H25ClN2O5. The van der Waals surface area contributed by atoms with Crippen LogP contribution in [0.15, 0.2) is 66.1 Å². The molecule has 1 atom stereocenters. The molecule has 184 valence electrons. The maximum atomic E-state index is 12.4. The number of nitrogens with two attached hydrogens (primary N) is 1. The molecule has 0 bridgehead atoms. The first-order chi connectivity index (χ1) is 17.3. The Bertz CT molecular complexity index is 1370. The van der Waals surface area contributed by atoms with E-state index in [1.54, 1.807) is 30.3 Å². The van der Waals surface area contributed by atoms with Gasteiger partial charge in [-0.15, -0.1) is 0 Å². The number of allylic oxidation sites excluding steroid dienone is 1. The number of carbonyl (C=O) groups excluding carboxylic acids is 1. The summed E-state index contributed by atoms with van der Waals surface area (Å²) in [4.78, 5) is 12.4. The molecule has 1 unspecified atom stereocenters. The van der Waals surface area contributed by atoms with E-state index < -0.39 is 11.9 Å². The van der Waals surface area contributed by atoms with Crippen LogP contribution in [0.1, 0.15) is 35.1 Å². The molecule has 0 amide bonds. The van der Waals surface area contributed by atoms with E-state index in [0.717, 1.165) is 16.7 Å². The number of para-hydroxylation sites is 1. The zero-order valence-electron chi connectivity index (χ0n) is 20.1. The highest BCUT2D eigenvalue weighted by Gasteiger charge is 2.33. The van der Waals surface area contributed by atoms with Gasteiger partial charge in [0.25, 0.3) is 0 Å². The number of esters is 1. The lowest BCUT2D eigenvalue weighted by Gasteiger charge is -2.27. The van der Waals surface area contributed by atoms with Crippen molar-refractivity contribution in [3.8, 4) is 29.1 Å². The van der Waals surface area contributed by atoms with Crippen LogP contribution in [-0.4, -0.2) is 19.2 Å². The number of halogens is 1. The normalized spacial score (nSPS) is 14.4. The second kappa shape index (κ2) is 10.6. The molecule has 0 aliphatic carbocycles. The Morgan fingerprint density at radius 3 is 2.47 bits per heavy atom. The van der Waals surface area contributed by atoms with Crippen molar-refractivity contribution in [2.75, 3.05) is 13.2 Å². The van der Waals surface area contributed by atoms with E-state index in [9.17, 15) is 10.1 Å². The van der Waals surface area contributed by atoms with Crippen LogP contribution in [0.5, 0.6) is 23.0 Å². The third-order valence-corrected chi connectivity index (χ3v) is 6.31. The molecule has 0 saturated heterocycles. The molecule has 1 aliphatic rings. The highest BCUT2D eigenvalue weighted by molar-refractivity contribution is 6.32. The van der Waals surface area contributed by atoms with Crippen LogP contribution in [-0.2, 0) is 4.79 Å². The van der Waals surface area contributed by atoms with Gasteiger partial charge in [0.05, 0.1) is 12.5 Å². The quantitative estimate of drug-likeness (QED) is 0.332. The fraction of sp³-hybridized carbons (Fsp3) is 0.214. The van der Waals surface area contributed by atoms with Crippen LogP contribution in [0.3, 0.4) is 0 Å². The number of hydrogen-bond acceptors (Lipinski definition) is 7. The lowest BCUT2D eigenvalue weighted by Crippen LogP contribution is -2.22. The molecule has 4 rings (SSSR count). The topological polar surface area (TPSA) is 104 Å². The molecule has 0 fully saturated rings. The molecule has 7 nitrogen and oxygen atoms in total. The van der Waals surface area contributed by atoms with Gasteiger partial charge in [-0.25, -0.2) is 4.79 Å². The minimum atomic E-state index is -0.588. The fourth-order valence-corrected chi connectivity index (χ4v) is 4.23. The monoisotopic (exact) mass is 504 g/mol. The molecule has 0 radical (unpaired) electrons. The van der Waals surface area contributed by atoms with Crippen LogP contribution in [0.4, 0.5) is 0 Å². The van der Waals surface area contributed by atoms with Crippen molar-refractivity contribution in [2.24, 2.45) is 5.73 Å². The number of aryl methyl sites for hydroxylation is 2. The van der Waals surface area contributed by atoms with Crippen molar-refractivity contribution in [1.29, 1.82) is 5.26 Å². The highest BCUT2D eigenvalue weighted by Crippen LogP contribution is 2.45. The summed E-state index contributed by atoms with van der Waals surface area (Å²) < 4.78 is 22.6. The lowest BCUT2D eigenvalue weighted by molar-refractivity contribution is -0.136. The lowest BCUT2D eigenvalue weighted by atomic mass is 9.83. The van der Waals surface area contributed by atoms with E-state index in [0.29, 0.717) is 34.4 Å². The Hall–Kier alpha value is -4.15. The zero-order valence-corrected chi connectivity index (χ0v) is 20.9. The number of carbonyl (C=O) groups is 1. The molecule has 0 aromatic heterocycles. The Morgan fingerprint density at radius 1 is 1.06 bits per heavy atom.